The highest BCUT2D eigenvalue weighted by Gasteiger charge is 2.31. The molecule has 0 radical (unpaired) electrons. The fraction of sp³-hybridized carbons (Fsp3) is 0.364. The van der Waals surface area contributed by atoms with E-state index in [0.29, 0.717) is 13.1 Å². The van der Waals surface area contributed by atoms with Gasteiger partial charge in [0.25, 0.3) is 0 Å². The summed E-state index contributed by atoms with van der Waals surface area (Å²) in [6, 6.07) is 2.12. The molecule has 0 unspecified atom stereocenters. The minimum Gasteiger partial charge on any atom is -0.478 e. The van der Waals surface area contributed by atoms with Crippen LogP contribution in [0, 0.1) is 5.82 Å². The fourth-order valence-electron chi connectivity index (χ4n) is 1.93. The van der Waals surface area contributed by atoms with Gasteiger partial charge in [-0.2, -0.15) is 4.31 Å². The molecule has 1 aromatic carbocycles. The molecular formula is C11H12BrFN2O4S. The Kier molecular flexibility index (Phi) is 4.43. The van der Waals surface area contributed by atoms with Crippen molar-refractivity contribution in [2.75, 3.05) is 26.2 Å². The van der Waals surface area contributed by atoms with Gasteiger partial charge in [0.15, 0.2) is 5.82 Å². The molecule has 2 rings (SSSR count). The van der Waals surface area contributed by atoms with Crippen LogP contribution >= 0.6 is 15.9 Å². The normalized spacial score (nSPS) is 17.1. The first-order valence-electron chi connectivity index (χ1n) is 5.77. The smallest absolute Gasteiger partial charge is 0.338 e. The molecule has 1 aliphatic rings. The summed E-state index contributed by atoms with van der Waals surface area (Å²) in [6.45, 7) is 1.38. The minimum absolute atomic E-state index is 0.199. The number of aromatic carboxylic acids is 1. The standard InChI is InChI=1S/C11H12BrFN2O4S/c12-7-5-8(11(16)17)10(13)9(6-7)20(18,19)15-3-1-14-2-4-15/h5-6,14H,1-4H2,(H,16,17). The number of carboxylic acid groups (broad SMARTS) is 1. The van der Waals surface area contributed by atoms with Crippen molar-refractivity contribution in [2.45, 2.75) is 4.90 Å². The van der Waals surface area contributed by atoms with Crippen molar-refractivity contribution in [3.8, 4) is 0 Å². The molecule has 1 saturated heterocycles. The number of halogens is 2. The lowest BCUT2D eigenvalue weighted by molar-refractivity contribution is 0.0691. The van der Waals surface area contributed by atoms with Gasteiger partial charge in [-0.25, -0.2) is 17.6 Å². The molecule has 0 aliphatic carbocycles. The van der Waals surface area contributed by atoms with E-state index in [1.807, 2.05) is 0 Å². The van der Waals surface area contributed by atoms with Crippen LogP contribution in [-0.2, 0) is 10.0 Å². The van der Waals surface area contributed by atoms with E-state index in [2.05, 4.69) is 21.2 Å². The van der Waals surface area contributed by atoms with Crippen molar-refractivity contribution in [1.29, 1.82) is 0 Å². The van der Waals surface area contributed by atoms with Gasteiger partial charge in [0.1, 0.15) is 4.90 Å². The number of hydrogen-bond acceptors (Lipinski definition) is 4. The van der Waals surface area contributed by atoms with Crippen LogP contribution in [0.5, 0.6) is 0 Å². The molecule has 6 nitrogen and oxygen atoms in total. The fourth-order valence-corrected chi connectivity index (χ4v) is 4.09. The van der Waals surface area contributed by atoms with Crippen molar-refractivity contribution in [3.05, 3.63) is 28.0 Å². The van der Waals surface area contributed by atoms with Gasteiger partial charge in [-0.3, -0.25) is 0 Å². The van der Waals surface area contributed by atoms with E-state index < -0.39 is 32.3 Å². The highest BCUT2D eigenvalue weighted by molar-refractivity contribution is 9.10. The van der Waals surface area contributed by atoms with Gasteiger partial charge in [0, 0.05) is 30.7 Å². The molecule has 20 heavy (non-hydrogen) atoms. The van der Waals surface area contributed by atoms with Gasteiger partial charge in [-0.15, -0.1) is 0 Å². The van der Waals surface area contributed by atoms with E-state index in [1.165, 1.54) is 0 Å². The summed E-state index contributed by atoms with van der Waals surface area (Å²) in [4.78, 5) is 10.3. The number of piperazine rings is 1. The molecule has 1 aromatic rings. The van der Waals surface area contributed by atoms with Gasteiger partial charge in [-0.05, 0) is 12.1 Å². The van der Waals surface area contributed by atoms with Crippen molar-refractivity contribution < 1.29 is 22.7 Å². The third kappa shape index (κ3) is 2.85. The molecule has 0 atom stereocenters. The number of rotatable bonds is 3. The summed E-state index contributed by atoms with van der Waals surface area (Å²) in [5, 5.41) is 11.9. The van der Waals surface area contributed by atoms with Crippen LogP contribution in [0.1, 0.15) is 10.4 Å². The van der Waals surface area contributed by atoms with Crippen LogP contribution in [0.3, 0.4) is 0 Å². The van der Waals surface area contributed by atoms with Crippen molar-refractivity contribution in [1.82, 2.24) is 9.62 Å². The maximum Gasteiger partial charge on any atom is 0.338 e. The Bertz CT molecular complexity index is 644. The molecule has 0 amide bonds. The lowest BCUT2D eigenvalue weighted by atomic mass is 10.2. The van der Waals surface area contributed by atoms with Gasteiger partial charge >= 0.3 is 5.97 Å². The van der Waals surface area contributed by atoms with Crippen LogP contribution < -0.4 is 5.32 Å². The minimum atomic E-state index is -4.05. The van der Waals surface area contributed by atoms with Crippen LogP contribution in [0.15, 0.2) is 21.5 Å². The van der Waals surface area contributed by atoms with Crippen molar-refractivity contribution in [2.24, 2.45) is 0 Å². The van der Waals surface area contributed by atoms with Gasteiger partial charge in [0.2, 0.25) is 10.0 Å². The molecule has 110 valence electrons. The number of benzene rings is 1. The first-order chi connectivity index (χ1) is 9.34. The number of carboxylic acids is 1. The van der Waals surface area contributed by atoms with E-state index >= 15 is 0 Å². The lowest BCUT2D eigenvalue weighted by Gasteiger charge is -2.26. The predicted octanol–water partition coefficient (Wildman–Crippen LogP) is 0.880. The zero-order valence-corrected chi connectivity index (χ0v) is 12.7. The van der Waals surface area contributed by atoms with Crippen LogP contribution in [0.4, 0.5) is 4.39 Å². The van der Waals surface area contributed by atoms with Gasteiger partial charge in [0.05, 0.1) is 5.56 Å². The summed E-state index contributed by atoms with van der Waals surface area (Å²) < 4.78 is 40.2. The Morgan fingerprint density at radius 1 is 1.35 bits per heavy atom. The average molecular weight is 367 g/mol. The topological polar surface area (TPSA) is 86.7 Å². The molecule has 9 heteroatoms. The van der Waals surface area contributed by atoms with Crippen molar-refractivity contribution in [3.63, 3.8) is 0 Å². The summed E-state index contributed by atoms with van der Waals surface area (Å²) in [6.07, 6.45) is 0. The highest BCUT2D eigenvalue weighted by Crippen LogP contribution is 2.26. The third-order valence-corrected chi connectivity index (χ3v) is 5.28. The number of sulfonamides is 1. The van der Waals surface area contributed by atoms with E-state index in [-0.39, 0.29) is 17.6 Å². The second-order valence-corrected chi connectivity index (χ2v) is 7.05. The Balaban J connectivity index is 2.53. The highest BCUT2D eigenvalue weighted by atomic mass is 79.9. The zero-order chi connectivity index (χ0) is 14.9. The second kappa shape index (κ2) is 5.76. The Labute approximate surface area is 123 Å². The maximum absolute atomic E-state index is 14.1. The lowest BCUT2D eigenvalue weighted by Crippen LogP contribution is -2.46. The molecule has 1 aliphatic heterocycles. The number of hydrogen-bond donors (Lipinski definition) is 2. The van der Waals surface area contributed by atoms with Crippen molar-refractivity contribution >= 4 is 31.9 Å². The van der Waals surface area contributed by atoms with E-state index in [4.69, 9.17) is 5.11 Å². The molecule has 0 spiro atoms. The third-order valence-electron chi connectivity index (χ3n) is 2.93. The number of nitrogens with one attached hydrogen (secondary N) is 1. The van der Waals surface area contributed by atoms with Crippen LogP contribution in [0.25, 0.3) is 0 Å². The van der Waals surface area contributed by atoms with Crippen LogP contribution in [-0.4, -0.2) is 50.0 Å². The molecule has 1 fully saturated rings. The quantitative estimate of drug-likeness (QED) is 0.829. The first-order valence-corrected chi connectivity index (χ1v) is 8.00. The summed E-state index contributed by atoms with van der Waals surface area (Å²) in [7, 11) is -4.05. The van der Waals surface area contributed by atoms with Gasteiger partial charge in [-0.1, -0.05) is 15.9 Å². The van der Waals surface area contributed by atoms with E-state index in [1.54, 1.807) is 0 Å². The Morgan fingerprint density at radius 2 is 1.95 bits per heavy atom. The van der Waals surface area contributed by atoms with Gasteiger partial charge < -0.3 is 10.4 Å². The Morgan fingerprint density at radius 3 is 2.50 bits per heavy atom. The second-order valence-electron chi connectivity index (χ2n) is 4.22. The zero-order valence-electron chi connectivity index (χ0n) is 10.3. The average Bonchev–Trinajstić information content (AvgIpc) is 2.41. The van der Waals surface area contributed by atoms with E-state index in [9.17, 15) is 17.6 Å². The molecule has 0 aromatic heterocycles. The molecule has 0 bridgehead atoms. The molecule has 1 heterocycles. The first kappa shape index (κ1) is 15.4. The maximum atomic E-state index is 14.1. The summed E-state index contributed by atoms with van der Waals surface area (Å²) >= 11 is 3.01. The monoisotopic (exact) mass is 366 g/mol. The molecular weight excluding hydrogens is 355 g/mol. The Hall–Kier alpha value is -1.03. The SMILES string of the molecule is O=C(O)c1cc(Br)cc(S(=O)(=O)N2CCNCC2)c1F. The summed E-state index contributed by atoms with van der Waals surface area (Å²) in [5.41, 5.74) is -0.673. The van der Waals surface area contributed by atoms with Crippen LogP contribution in [0.2, 0.25) is 0 Å². The number of carbonyl (C=O) groups is 1. The van der Waals surface area contributed by atoms with E-state index in [0.717, 1.165) is 16.4 Å². The number of nitrogens with zero attached hydrogens (tertiary/aromatic N) is 1. The predicted molar refractivity (Wildman–Crippen MR) is 72.7 cm³/mol. The molecule has 2 N–H and O–H groups in total. The molecule has 0 saturated carbocycles. The largest absolute Gasteiger partial charge is 0.478 e. The summed E-state index contributed by atoms with van der Waals surface area (Å²) in [5.74, 6) is -2.75.